The van der Waals surface area contributed by atoms with Crippen molar-refractivity contribution in [2.45, 2.75) is 25.9 Å². The van der Waals surface area contributed by atoms with Crippen molar-refractivity contribution in [3.05, 3.63) is 106 Å². The molecule has 0 saturated carbocycles. The van der Waals surface area contributed by atoms with Crippen LogP contribution in [0.25, 0.3) is 22.0 Å². The van der Waals surface area contributed by atoms with E-state index in [2.05, 4.69) is 34.6 Å². The number of carbonyl (C=O) groups excluding carboxylic acids is 1. The smallest absolute Gasteiger partial charge is 0.341 e. The summed E-state index contributed by atoms with van der Waals surface area (Å²) in [5, 5.41) is 12.7. The van der Waals surface area contributed by atoms with Gasteiger partial charge in [0.05, 0.1) is 6.04 Å². The standard InChI is InChI=1S/C27H24N2O4/c1-17(28-15-18-7-10-21(11-8-18)20-5-3-2-4-6-20)25(30)14-19-9-12-24-22(13-19)26(31)23(16-29-24)27(32)33/h2-13,16-17,28H,14-15H2,1H3,(H,29,31)(H,32,33)/t17-/m0/s1. The van der Waals surface area contributed by atoms with Gasteiger partial charge in [0.25, 0.3) is 0 Å². The van der Waals surface area contributed by atoms with E-state index in [0.29, 0.717) is 17.6 Å². The van der Waals surface area contributed by atoms with Crippen molar-refractivity contribution >= 4 is 22.7 Å². The molecule has 0 fully saturated rings. The minimum absolute atomic E-state index is 0.0129. The SMILES string of the molecule is C[C@H](NCc1ccc(-c2ccccc2)cc1)C(=O)Cc1ccc2[nH]cc(C(=O)O)c(=O)c2c1. The highest BCUT2D eigenvalue weighted by atomic mass is 16.4. The molecule has 3 N–H and O–H groups in total. The van der Waals surface area contributed by atoms with Crippen LogP contribution >= 0.6 is 0 Å². The molecule has 6 nitrogen and oxygen atoms in total. The van der Waals surface area contributed by atoms with Crippen LogP contribution in [-0.2, 0) is 17.8 Å². The number of carboxylic acids is 1. The molecule has 1 atom stereocenters. The Kier molecular flexibility index (Phi) is 6.47. The maximum Gasteiger partial charge on any atom is 0.341 e. The number of carbonyl (C=O) groups is 2. The first-order valence-electron chi connectivity index (χ1n) is 10.7. The molecule has 166 valence electrons. The van der Waals surface area contributed by atoms with E-state index in [0.717, 1.165) is 16.7 Å². The fourth-order valence-corrected chi connectivity index (χ4v) is 3.72. The van der Waals surface area contributed by atoms with E-state index < -0.39 is 11.4 Å². The molecular formula is C27H24N2O4. The van der Waals surface area contributed by atoms with Gasteiger partial charge in [0.2, 0.25) is 5.43 Å². The first-order chi connectivity index (χ1) is 15.9. The number of Topliss-reactive ketones (excluding diaryl/α,β-unsaturated/α-hetero) is 1. The number of aromatic carboxylic acids is 1. The van der Waals surface area contributed by atoms with E-state index in [-0.39, 0.29) is 29.2 Å². The number of aromatic nitrogens is 1. The fraction of sp³-hybridized carbons (Fsp3) is 0.148. The second-order valence-electron chi connectivity index (χ2n) is 8.03. The van der Waals surface area contributed by atoms with Crippen molar-refractivity contribution in [2.75, 3.05) is 0 Å². The highest BCUT2D eigenvalue weighted by Gasteiger charge is 2.15. The van der Waals surface area contributed by atoms with Crippen LogP contribution in [0.5, 0.6) is 0 Å². The molecule has 4 aromatic rings. The number of aromatic amines is 1. The lowest BCUT2D eigenvalue weighted by Gasteiger charge is -2.14. The molecule has 0 aliphatic rings. The topological polar surface area (TPSA) is 99.3 Å². The Hall–Kier alpha value is -4.03. The Morgan fingerprint density at radius 1 is 0.939 bits per heavy atom. The molecule has 0 bridgehead atoms. The molecule has 0 aliphatic heterocycles. The zero-order chi connectivity index (χ0) is 23.4. The summed E-state index contributed by atoms with van der Waals surface area (Å²) in [6.07, 6.45) is 1.34. The third-order valence-corrected chi connectivity index (χ3v) is 5.71. The van der Waals surface area contributed by atoms with Crippen LogP contribution in [0.3, 0.4) is 0 Å². The normalized spacial score (nSPS) is 11.9. The van der Waals surface area contributed by atoms with Gasteiger partial charge in [0, 0.05) is 30.1 Å². The van der Waals surface area contributed by atoms with Crippen molar-refractivity contribution in [3.8, 4) is 11.1 Å². The average molecular weight is 440 g/mol. The molecule has 0 radical (unpaired) electrons. The molecule has 4 rings (SSSR count). The van der Waals surface area contributed by atoms with Crippen molar-refractivity contribution < 1.29 is 14.7 Å². The fourth-order valence-electron chi connectivity index (χ4n) is 3.72. The molecule has 33 heavy (non-hydrogen) atoms. The summed E-state index contributed by atoms with van der Waals surface area (Å²) in [7, 11) is 0. The number of nitrogens with one attached hydrogen (secondary N) is 2. The lowest BCUT2D eigenvalue weighted by Crippen LogP contribution is -2.34. The number of ketones is 1. The quantitative estimate of drug-likeness (QED) is 0.382. The van der Waals surface area contributed by atoms with Gasteiger partial charge in [-0.1, -0.05) is 60.7 Å². The molecule has 3 aromatic carbocycles. The van der Waals surface area contributed by atoms with Gasteiger partial charge in [0.15, 0.2) is 5.78 Å². The summed E-state index contributed by atoms with van der Waals surface area (Å²) >= 11 is 0. The predicted molar refractivity (Wildman–Crippen MR) is 128 cm³/mol. The van der Waals surface area contributed by atoms with Crippen LogP contribution in [0.2, 0.25) is 0 Å². The van der Waals surface area contributed by atoms with Crippen LogP contribution < -0.4 is 10.7 Å². The van der Waals surface area contributed by atoms with Crippen LogP contribution in [0.4, 0.5) is 0 Å². The Bertz CT molecular complexity index is 1360. The monoisotopic (exact) mass is 440 g/mol. The van der Waals surface area contributed by atoms with Gasteiger partial charge in [-0.2, -0.15) is 0 Å². The molecule has 0 spiro atoms. The second kappa shape index (κ2) is 9.63. The Labute approximate surface area is 190 Å². The highest BCUT2D eigenvalue weighted by Crippen LogP contribution is 2.19. The summed E-state index contributed by atoms with van der Waals surface area (Å²) in [5.74, 6) is -1.30. The lowest BCUT2D eigenvalue weighted by atomic mass is 10.0. The summed E-state index contributed by atoms with van der Waals surface area (Å²) in [6, 6.07) is 23.0. The maximum atomic E-state index is 12.7. The zero-order valence-electron chi connectivity index (χ0n) is 18.2. The number of fused-ring (bicyclic) bond motifs is 1. The number of rotatable bonds is 8. The summed E-state index contributed by atoms with van der Waals surface area (Å²) in [4.78, 5) is 39.2. The van der Waals surface area contributed by atoms with Crippen molar-refractivity contribution in [2.24, 2.45) is 0 Å². The van der Waals surface area contributed by atoms with E-state index >= 15 is 0 Å². The maximum absolute atomic E-state index is 12.7. The molecule has 1 aromatic heterocycles. The predicted octanol–water partition coefficient (Wildman–Crippen LogP) is 4.18. The van der Waals surface area contributed by atoms with E-state index in [4.69, 9.17) is 5.11 Å². The van der Waals surface area contributed by atoms with Gasteiger partial charge in [-0.15, -0.1) is 0 Å². The third kappa shape index (κ3) is 5.07. The largest absolute Gasteiger partial charge is 0.477 e. The third-order valence-electron chi connectivity index (χ3n) is 5.71. The van der Waals surface area contributed by atoms with E-state index in [1.54, 1.807) is 18.2 Å². The second-order valence-corrected chi connectivity index (χ2v) is 8.03. The first-order valence-corrected chi connectivity index (χ1v) is 10.7. The number of pyridine rings is 1. The van der Waals surface area contributed by atoms with Gasteiger partial charge < -0.3 is 15.4 Å². The number of hydrogen-bond donors (Lipinski definition) is 3. The molecular weight excluding hydrogens is 416 g/mol. The Morgan fingerprint density at radius 3 is 2.30 bits per heavy atom. The minimum Gasteiger partial charge on any atom is -0.477 e. The molecule has 0 amide bonds. The molecule has 0 aliphatic carbocycles. The Balaban J connectivity index is 1.39. The summed E-state index contributed by atoms with van der Waals surface area (Å²) in [6.45, 7) is 2.37. The summed E-state index contributed by atoms with van der Waals surface area (Å²) < 4.78 is 0. The van der Waals surface area contributed by atoms with Gasteiger partial charge in [0.1, 0.15) is 5.56 Å². The van der Waals surface area contributed by atoms with Crippen LogP contribution in [0.15, 0.2) is 83.8 Å². The van der Waals surface area contributed by atoms with Crippen molar-refractivity contribution in [1.29, 1.82) is 0 Å². The molecule has 0 unspecified atom stereocenters. The van der Waals surface area contributed by atoms with Gasteiger partial charge >= 0.3 is 5.97 Å². The number of H-pyrrole nitrogens is 1. The highest BCUT2D eigenvalue weighted by molar-refractivity contribution is 5.93. The van der Waals surface area contributed by atoms with Gasteiger partial charge in [-0.05, 0) is 41.3 Å². The van der Waals surface area contributed by atoms with Crippen molar-refractivity contribution in [1.82, 2.24) is 10.3 Å². The number of benzene rings is 3. The van der Waals surface area contributed by atoms with E-state index in [9.17, 15) is 14.4 Å². The Morgan fingerprint density at radius 2 is 1.61 bits per heavy atom. The number of carboxylic acid groups (broad SMARTS) is 1. The summed E-state index contributed by atoms with van der Waals surface area (Å²) in [5.41, 5.74) is 3.70. The molecule has 0 saturated heterocycles. The van der Waals surface area contributed by atoms with Gasteiger partial charge in [-0.25, -0.2) is 4.79 Å². The molecule has 1 heterocycles. The lowest BCUT2D eigenvalue weighted by molar-refractivity contribution is -0.120. The van der Waals surface area contributed by atoms with Crippen LogP contribution in [0, 0.1) is 0 Å². The van der Waals surface area contributed by atoms with E-state index in [1.807, 2.05) is 37.3 Å². The number of hydrogen-bond acceptors (Lipinski definition) is 4. The zero-order valence-corrected chi connectivity index (χ0v) is 18.2. The van der Waals surface area contributed by atoms with Crippen LogP contribution in [0.1, 0.15) is 28.4 Å². The first kappa shape index (κ1) is 22.2. The van der Waals surface area contributed by atoms with E-state index in [1.165, 1.54) is 6.20 Å². The minimum atomic E-state index is -1.28. The average Bonchev–Trinajstić information content (AvgIpc) is 2.83. The van der Waals surface area contributed by atoms with Crippen molar-refractivity contribution in [3.63, 3.8) is 0 Å². The van der Waals surface area contributed by atoms with Gasteiger partial charge in [-0.3, -0.25) is 9.59 Å². The van der Waals surface area contributed by atoms with Crippen LogP contribution in [-0.4, -0.2) is 27.9 Å². The molecule has 6 heteroatoms.